The lowest BCUT2D eigenvalue weighted by atomic mass is 10.0. The van der Waals surface area contributed by atoms with Gasteiger partial charge in [0.05, 0.1) is 16.8 Å². The predicted molar refractivity (Wildman–Crippen MR) is 121 cm³/mol. The maximum Gasteiger partial charge on any atom is 0.270 e. The Balaban J connectivity index is 1.43. The normalized spacial score (nSPS) is 10.9. The van der Waals surface area contributed by atoms with Crippen molar-refractivity contribution in [2.24, 2.45) is 0 Å². The Morgan fingerprint density at radius 2 is 1.53 bits per heavy atom. The van der Waals surface area contributed by atoms with E-state index >= 15 is 0 Å². The van der Waals surface area contributed by atoms with Crippen LogP contribution in [0.3, 0.4) is 0 Å². The number of hydrogen-bond donors (Lipinski definition) is 3. The van der Waals surface area contributed by atoms with Crippen molar-refractivity contribution in [2.45, 2.75) is 6.92 Å². The minimum Gasteiger partial charge on any atom is -0.267 e. The Hall–Kier alpha value is -4.59. The van der Waals surface area contributed by atoms with Crippen molar-refractivity contribution in [3.8, 4) is 11.3 Å². The number of hydrogen-bond acceptors (Lipinski definition) is 5. The van der Waals surface area contributed by atoms with Crippen molar-refractivity contribution in [1.29, 1.82) is 0 Å². The zero-order valence-electron chi connectivity index (χ0n) is 17.1. The number of rotatable bonds is 3. The molecular formula is C24H18N6O2. The quantitative estimate of drug-likeness (QED) is 0.385. The molecular weight excluding hydrogens is 404 g/mol. The van der Waals surface area contributed by atoms with Gasteiger partial charge in [0.1, 0.15) is 11.0 Å². The smallest absolute Gasteiger partial charge is 0.267 e. The second-order valence-electron chi connectivity index (χ2n) is 7.37. The predicted octanol–water partition coefficient (Wildman–Crippen LogP) is 3.56. The first-order chi connectivity index (χ1) is 15.6. The molecule has 0 spiro atoms. The molecule has 2 aromatic heterocycles. The summed E-state index contributed by atoms with van der Waals surface area (Å²) < 4.78 is 0. The van der Waals surface area contributed by atoms with Crippen LogP contribution in [0.1, 0.15) is 26.3 Å². The molecule has 0 fully saturated rings. The molecule has 3 N–H and O–H groups in total. The number of carbonyl (C=O) groups is 2. The van der Waals surface area contributed by atoms with Gasteiger partial charge in [0, 0.05) is 16.5 Å². The van der Waals surface area contributed by atoms with Crippen LogP contribution in [0.15, 0.2) is 72.8 Å². The lowest BCUT2D eigenvalue weighted by Gasteiger charge is -2.11. The van der Waals surface area contributed by atoms with Gasteiger partial charge in [-0.2, -0.15) is 15.4 Å². The molecule has 0 saturated carbocycles. The van der Waals surface area contributed by atoms with Crippen LogP contribution < -0.4 is 10.9 Å². The first-order valence-corrected chi connectivity index (χ1v) is 9.96. The molecule has 8 heteroatoms. The van der Waals surface area contributed by atoms with E-state index in [1.54, 1.807) is 24.3 Å². The topological polar surface area (TPSA) is 113 Å². The Labute approximate surface area is 182 Å². The Morgan fingerprint density at radius 3 is 2.38 bits per heavy atom. The third-order valence-corrected chi connectivity index (χ3v) is 5.18. The summed E-state index contributed by atoms with van der Waals surface area (Å²) in [4.78, 5) is 30.3. The van der Waals surface area contributed by atoms with E-state index in [4.69, 9.17) is 4.98 Å². The van der Waals surface area contributed by atoms with Gasteiger partial charge in [-0.1, -0.05) is 48.0 Å². The highest BCUT2D eigenvalue weighted by molar-refractivity contribution is 6.08. The largest absolute Gasteiger partial charge is 0.270 e. The van der Waals surface area contributed by atoms with E-state index in [1.807, 2.05) is 55.5 Å². The second kappa shape index (κ2) is 7.92. The van der Waals surface area contributed by atoms with E-state index in [-0.39, 0.29) is 0 Å². The minimum absolute atomic E-state index is 0.353. The van der Waals surface area contributed by atoms with Gasteiger partial charge in [0.2, 0.25) is 0 Å². The number of para-hydroxylation sites is 1. The van der Waals surface area contributed by atoms with Gasteiger partial charge in [-0.3, -0.25) is 20.4 Å². The third-order valence-electron chi connectivity index (χ3n) is 5.18. The Kier molecular flexibility index (Phi) is 4.79. The van der Waals surface area contributed by atoms with Crippen LogP contribution in [0.25, 0.3) is 33.2 Å². The average Bonchev–Trinajstić information content (AvgIpc) is 3.30. The molecule has 156 valence electrons. The van der Waals surface area contributed by atoms with E-state index in [9.17, 15) is 9.59 Å². The summed E-state index contributed by atoms with van der Waals surface area (Å²) in [6.07, 6.45) is 0. The number of fused-ring (bicyclic) bond motifs is 2. The Bertz CT molecular complexity index is 1470. The van der Waals surface area contributed by atoms with Gasteiger partial charge in [-0.25, -0.2) is 4.98 Å². The lowest BCUT2D eigenvalue weighted by Crippen LogP contribution is -2.41. The van der Waals surface area contributed by atoms with E-state index < -0.39 is 11.8 Å². The summed E-state index contributed by atoms with van der Waals surface area (Å²) in [5.74, 6) is -0.895. The molecule has 8 nitrogen and oxygen atoms in total. The molecule has 0 bridgehead atoms. The number of hydrazine groups is 1. The average molecular weight is 422 g/mol. The summed E-state index contributed by atoms with van der Waals surface area (Å²) in [5.41, 5.74) is 10.4. The van der Waals surface area contributed by atoms with Gasteiger partial charge in [0.15, 0.2) is 0 Å². The van der Waals surface area contributed by atoms with Gasteiger partial charge < -0.3 is 0 Å². The maximum atomic E-state index is 13.0. The molecule has 5 rings (SSSR count). The zero-order chi connectivity index (χ0) is 22.1. The number of aromatic nitrogens is 4. The van der Waals surface area contributed by atoms with E-state index in [0.29, 0.717) is 38.8 Å². The van der Waals surface area contributed by atoms with Gasteiger partial charge >= 0.3 is 0 Å². The van der Waals surface area contributed by atoms with Crippen LogP contribution in [0.2, 0.25) is 0 Å². The number of benzene rings is 3. The summed E-state index contributed by atoms with van der Waals surface area (Å²) >= 11 is 0. The highest BCUT2D eigenvalue weighted by Crippen LogP contribution is 2.25. The molecule has 0 aliphatic carbocycles. The molecule has 32 heavy (non-hydrogen) atoms. The van der Waals surface area contributed by atoms with Gasteiger partial charge in [-0.05, 0) is 37.3 Å². The number of nitrogens with one attached hydrogen (secondary N) is 3. The number of pyridine rings is 1. The summed E-state index contributed by atoms with van der Waals surface area (Å²) in [6.45, 7) is 2.01. The number of aryl methyl sites for hydroxylation is 1. The van der Waals surface area contributed by atoms with Gasteiger partial charge in [0.25, 0.3) is 11.8 Å². The van der Waals surface area contributed by atoms with E-state index in [1.165, 1.54) is 0 Å². The highest BCUT2D eigenvalue weighted by Gasteiger charge is 2.15. The van der Waals surface area contributed by atoms with Crippen LogP contribution >= 0.6 is 0 Å². The second-order valence-corrected chi connectivity index (χ2v) is 7.37. The van der Waals surface area contributed by atoms with Crippen molar-refractivity contribution in [1.82, 2.24) is 31.2 Å². The summed E-state index contributed by atoms with van der Waals surface area (Å²) in [5, 5.41) is 11.1. The number of carbonyl (C=O) groups excluding carboxylic acids is 2. The number of aromatic amines is 1. The van der Waals surface area contributed by atoms with Crippen molar-refractivity contribution in [3.63, 3.8) is 0 Å². The van der Waals surface area contributed by atoms with Crippen molar-refractivity contribution >= 4 is 33.8 Å². The van der Waals surface area contributed by atoms with E-state index in [2.05, 4.69) is 26.3 Å². The molecule has 0 atom stereocenters. The van der Waals surface area contributed by atoms with Crippen molar-refractivity contribution in [2.75, 3.05) is 0 Å². The molecule has 0 aliphatic heterocycles. The van der Waals surface area contributed by atoms with Crippen molar-refractivity contribution in [3.05, 3.63) is 89.5 Å². The standard InChI is InChI=1S/C24H18N6O2/c1-14-6-8-15(9-7-14)21-13-18(17-4-2-3-5-19(17)25-21)24(32)29-28-23(31)16-10-11-20-22(12-16)27-30-26-20/h2-13H,1H3,(H,28,31)(H,29,32)(H,26,27,30). The monoisotopic (exact) mass is 422 g/mol. The first kappa shape index (κ1) is 19.4. The number of nitrogens with zero attached hydrogens (tertiary/aromatic N) is 3. The highest BCUT2D eigenvalue weighted by atomic mass is 16.2. The molecule has 3 aromatic carbocycles. The van der Waals surface area contributed by atoms with Crippen LogP contribution in [0.5, 0.6) is 0 Å². The molecule has 2 heterocycles. The minimum atomic E-state index is -0.458. The van der Waals surface area contributed by atoms with Crippen LogP contribution in [-0.4, -0.2) is 32.2 Å². The lowest BCUT2D eigenvalue weighted by molar-refractivity contribution is 0.0847. The molecule has 0 radical (unpaired) electrons. The molecule has 0 unspecified atom stereocenters. The summed E-state index contributed by atoms with van der Waals surface area (Å²) in [7, 11) is 0. The number of H-pyrrole nitrogens is 1. The molecule has 0 aliphatic rings. The third kappa shape index (κ3) is 3.65. The molecule has 0 saturated heterocycles. The van der Waals surface area contributed by atoms with Crippen LogP contribution in [-0.2, 0) is 0 Å². The van der Waals surface area contributed by atoms with Gasteiger partial charge in [-0.15, -0.1) is 0 Å². The van der Waals surface area contributed by atoms with Crippen LogP contribution in [0, 0.1) is 6.92 Å². The van der Waals surface area contributed by atoms with E-state index in [0.717, 1.165) is 11.1 Å². The first-order valence-electron chi connectivity index (χ1n) is 9.96. The fourth-order valence-corrected chi connectivity index (χ4v) is 3.47. The fraction of sp³-hybridized carbons (Fsp3) is 0.0417. The summed E-state index contributed by atoms with van der Waals surface area (Å²) in [6, 6.07) is 22.0. The number of amides is 2. The zero-order valence-corrected chi connectivity index (χ0v) is 17.1. The molecule has 5 aromatic rings. The van der Waals surface area contributed by atoms with Crippen LogP contribution in [0.4, 0.5) is 0 Å². The molecule has 2 amide bonds. The Morgan fingerprint density at radius 1 is 0.781 bits per heavy atom. The fourth-order valence-electron chi connectivity index (χ4n) is 3.47. The SMILES string of the molecule is Cc1ccc(-c2cc(C(=O)NNC(=O)c3ccc4n[nH]nc4c3)c3ccccc3n2)cc1. The van der Waals surface area contributed by atoms with Crippen molar-refractivity contribution < 1.29 is 9.59 Å². The maximum absolute atomic E-state index is 13.0.